The molecular formula is C17H25N3O2. The first-order valence-corrected chi connectivity index (χ1v) is 7.93. The third kappa shape index (κ3) is 3.42. The van der Waals surface area contributed by atoms with E-state index in [1.54, 1.807) is 0 Å². The molecular weight excluding hydrogens is 278 g/mol. The van der Waals surface area contributed by atoms with Crippen molar-refractivity contribution in [2.24, 2.45) is 5.73 Å². The van der Waals surface area contributed by atoms with Crippen LogP contribution in [0.15, 0.2) is 24.3 Å². The topological polar surface area (TPSA) is 76.4 Å². The van der Waals surface area contributed by atoms with Crippen molar-refractivity contribution in [2.75, 3.05) is 0 Å². The summed E-state index contributed by atoms with van der Waals surface area (Å²) in [6.45, 7) is 5.60. The van der Waals surface area contributed by atoms with Crippen LogP contribution in [-0.2, 0) is 4.74 Å². The lowest BCUT2D eigenvalue weighted by molar-refractivity contribution is 0.0522. The number of ether oxygens (including phenoxy) is 1. The van der Waals surface area contributed by atoms with E-state index in [4.69, 9.17) is 10.5 Å². The van der Waals surface area contributed by atoms with E-state index in [9.17, 15) is 4.79 Å². The lowest BCUT2D eigenvalue weighted by Gasteiger charge is -2.20. The molecule has 0 bridgehead atoms. The maximum absolute atomic E-state index is 11.8. The van der Waals surface area contributed by atoms with Gasteiger partial charge in [-0.15, -0.1) is 0 Å². The van der Waals surface area contributed by atoms with E-state index in [0.29, 0.717) is 6.04 Å². The predicted molar refractivity (Wildman–Crippen MR) is 85.4 cm³/mol. The molecule has 1 aromatic rings. The largest absolute Gasteiger partial charge is 0.444 e. The van der Waals surface area contributed by atoms with Crippen molar-refractivity contribution in [3.8, 4) is 0 Å². The van der Waals surface area contributed by atoms with Crippen LogP contribution < -0.4 is 16.4 Å². The SMILES string of the molecule is CC(C)(C)OC(=O)NC1CC1NC1CC(N)c2ccccc21. The van der Waals surface area contributed by atoms with Gasteiger partial charge in [-0.2, -0.15) is 0 Å². The molecule has 1 aromatic carbocycles. The van der Waals surface area contributed by atoms with Gasteiger partial charge in [0.05, 0.1) is 0 Å². The zero-order chi connectivity index (χ0) is 15.9. The molecule has 0 aliphatic heterocycles. The predicted octanol–water partition coefficient (Wildman–Crippen LogP) is 2.39. The molecule has 4 N–H and O–H groups in total. The molecule has 1 amide bonds. The fourth-order valence-electron chi connectivity index (χ4n) is 3.09. The number of amides is 1. The summed E-state index contributed by atoms with van der Waals surface area (Å²) >= 11 is 0. The van der Waals surface area contributed by atoms with E-state index in [-0.39, 0.29) is 24.2 Å². The minimum Gasteiger partial charge on any atom is -0.444 e. The molecule has 5 nitrogen and oxygen atoms in total. The first-order valence-electron chi connectivity index (χ1n) is 7.93. The Hall–Kier alpha value is -1.59. The molecule has 0 saturated heterocycles. The minimum absolute atomic E-state index is 0.102. The highest BCUT2D eigenvalue weighted by molar-refractivity contribution is 5.68. The fourth-order valence-corrected chi connectivity index (χ4v) is 3.09. The Morgan fingerprint density at radius 3 is 2.55 bits per heavy atom. The summed E-state index contributed by atoms with van der Waals surface area (Å²) in [5.41, 5.74) is 8.25. The molecule has 5 heteroatoms. The van der Waals surface area contributed by atoms with Crippen LogP contribution in [0, 0.1) is 0 Å². The molecule has 4 unspecified atom stereocenters. The lowest BCUT2D eigenvalue weighted by Crippen LogP contribution is -2.37. The maximum Gasteiger partial charge on any atom is 0.407 e. The number of benzene rings is 1. The van der Waals surface area contributed by atoms with Crippen molar-refractivity contribution in [1.82, 2.24) is 10.6 Å². The third-order valence-electron chi connectivity index (χ3n) is 4.17. The Bertz CT molecular complexity index is 567. The molecule has 2 aliphatic carbocycles. The summed E-state index contributed by atoms with van der Waals surface area (Å²) in [4.78, 5) is 11.8. The van der Waals surface area contributed by atoms with Crippen LogP contribution in [0.1, 0.15) is 56.8 Å². The molecule has 4 atom stereocenters. The quantitative estimate of drug-likeness (QED) is 0.801. The zero-order valence-electron chi connectivity index (χ0n) is 13.4. The first-order chi connectivity index (χ1) is 10.3. The molecule has 0 aromatic heterocycles. The highest BCUT2D eigenvalue weighted by atomic mass is 16.6. The summed E-state index contributed by atoms with van der Waals surface area (Å²) < 4.78 is 5.28. The van der Waals surface area contributed by atoms with Crippen molar-refractivity contribution in [3.63, 3.8) is 0 Å². The van der Waals surface area contributed by atoms with Gasteiger partial charge in [0.15, 0.2) is 0 Å². The number of hydrogen-bond acceptors (Lipinski definition) is 4. The molecule has 120 valence electrons. The van der Waals surface area contributed by atoms with Crippen molar-refractivity contribution in [3.05, 3.63) is 35.4 Å². The van der Waals surface area contributed by atoms with Crippen LogP contribution in [-0.4, -0.2) is 23.8 Å². The van der Waals surface area contributed by atoms with Crippen molar-refractivity contribution in [1.29, 1.82) is 0 Å². The van der Waals surface area contributed by atoms with Gasteiger partial charge < -0.3 is 21.1 Å². The van der Waals surface area contributed by atoms with E-state index in [1.807, 2.05) is 26.8 Å². The Morgan fingerprint density at radius 2 is 1.86 bits per heavy atom. The summed E-state index contributed by atoms with van der Waals surface area (Å²) in [6.07, 6.45) is 1.51. The highest BCUT2D eigenvalue weighted by Crippen LogP contribution is 2.39. The smallest absolute Gasteiger partial charge is 0.407 e. The molecule has 0 heterocycles. The van der Waals surface area contributed by atoms with Crippen molar-refractivity contribution >= 4 is 6.09 Å². The molecule has 3 rings (SSSR count). The van der Waals surface area contributed by atoms with Gasteiger partial charge in [-0.1, -0.05) is 24.3 Å². The average molecular weight is 303 g/mol. The number of carbonyl (C=O) groups excluding carboxylic acids is 1. The van der Waals surface area contributed by atoms with Crippen LogP contribution in [0.2, 0.25) is 0 Å². The summed E-state index contributed by atoms with van der Waals surface area (Å²) in [7, 11) is 0. The van der Waals surface area contributed by atoms with E-state index < -0.39 is 5.60 Å². The summed E-state index contributed by atoms with van der Waals surface area (Å²) in [5.74, 6) is 0. The standard InChI is InChI=1S/C17H25N3O2/c1-17(2,3)22-16(21)20-15-9-14(15)19-13-8-12(18)10-6-4-5-7-11(10)13/h4-7,12-15,19H,8-9,18H2,1-3H3,(H,20,21). The molecule has 1 fully saturated rings. The van der Waals surface area contributed by atoms with Gasteiger partial charge in [0.25, 0.3) is 0 Å². The second kappa shape index (κ2) is 5.56. The van der Waals surface area contributed by atoms with Gasteiger partial charge in [0.2, 0.25) is 0 Å². The number of rotatable bonds is 3. The Balaban J connectivity index is 1.52. The Labute approximate surface area is 131 Å². The van der Waals surface area contributed by atoms with Gasteiger partial charge in [-0.05, 0) is 44.7 Å². The van der Waals surface area contributed by atoms with Gasteiger partial charge in [-0.25, -0.2) is 4.79 Å². The summed E-state index contributed by atoms with van der Waals surface area (Å²) in [6, 6.07) is 9.16. The normalized spacial score (nSPS) is 29.8. The number of hydrogen-bond donors (Lipinski definition) is 3. The number of carbonyl (C=O) groups is 1. The van der Waals surface area contributed by atoms with Crippen LogP contribution in [0.5, 0.6) is 0 Å². The van der Waals surface area contributed by atoms with E-state index in [2.05, 4.69) is 28.8 Å². The van der Waals surface area contributed by atoms with Crippen molar-refractivity contribution in [2.45, 2.75) is 63.4 Å². The molecule has 1 saturated carbocycles. The zero-order valence-corrected chi connectivity index (χ0v) is 13.4. The fraction of sp³-hybridized carbons (Fsp3) is 0.588. The molecule has 22 heavy (non-hydrogen) atoms. The number of alkyl carbamates (subject to hydrolysis) is 1. The molecule has 2 aliphatic rings. The van der Waals surface area contributed by atoms with E-state index >= 15 is 0 Å². The number of fused-ring (bicyclic) bond motifs is 1. The second-order valence-electron chi connectivity index (χ2n) is 7.29. The number of nitrogens with one attached hydrogen (secondary N) is 2. The maximum atomic E-state index is 11.8. The molecule has 0 radical (unpaired) electrons. The van der Waals surface area contributed by atoms with Gasteiger partial charge in [-0.3, -0.25) is 0 Å². The number of nitrogens with two attached hydrogens (primary N) is 1. The second-order valence-corrected chi connectivity index (χ2v) is 7.29. The van der Waals surface area contributed by atoms with E-state index in [0.717, 1.165) is 12.8 Å². The molecule has 0 spiro atoms. The Kier molecular flexibility index (Phi) is 3.87. The van der Waals surface area contributed by atoms with Crippen LogP contribution in [0.25, 0.3) is 0 Å². The third-order valence-corrected chi connectivity index (χ3v) is 4.17. The highest BCUT2D eigenvalue weighted by Gasteiger charge is 2.42. The first kappa shape index (κ1) is 15.3. The van der Waals surface area contributed by atoms with Gasteiger partial charge >= 0.3 is 6.09 Å². The van der Waals surface area contributed by atoms with Crippen LogP contribution in [0.3, 0.4) is 0 Å². The van der Waals surface area contributed by atoms with Gasteiger partial charge in [0, 0.05) is 24.2 Å². The lowest BCUT2D eigenvalue weighted by atomic mass is 10.1. The Morgan fingerprint density at radius 1 is 1.18 bits per heavy atom. The minimum atomic E-state index is -0.459. The van der Waals surface area contributed by atoms with E-state index in [1.165, 1.54) is 11.1 Å². The van der Waals surface area contributed by atoms with Crippen molar-refractivity contribution < 1.29 is 9.53 Å². The monoisotopic (exact) mass is 303 g/mol. The van der Waals surface area contributed by atoms with Crippen LogP contribution >= 0.6 is 0 Å². The van der Waals surface area contributed by atoms with Gasteiger partial charge in [0.1, 0.15) is 5.60 Å². The average Bonchev–Trinajstić information content (AvgIpc) is 3.04. The van der Waals surface area contributed by atoms with Crippen LogP contribution in [0.4, 0.5) is 4.79 Å². The summed E-state index contributed by atoms with van der Waals surface area (Å²) in [5, 5.41) is 6.52.